The Morgan fingerprint density at radius 3 is 2.56 bits per heavy atom. The maximum absolute atomic E-state index is 5.42. The van der Waals surface area contributed by atoms with Crippen molar-refractivity contribution in [2.45, 2.75) is 65.1 Å². The molecule has 0 aromatic carbocycles. The summed E-state index contributed by atoms with van der Waals surface area (Å²) in [5.41, 5.74) is 0.123. The van der Waals surface area contributed by atoms with E-state index in [2.05, 4.69) is 44.8 Å². The van der Waals surface area contributed by atoms with Crippen molar-refractivity contribution >= 4 is 0 Å². The SMILES string of the molecule is CCCC1CN(C(C)(C)COC)C(C(C)C)CN1. The third-order valence-electron chi connectivity index (χ3n) is 4.11. The highest BCUT2D eigenvalue weighted by molar-refractivity contribution is 4.95. The van der Waals surface area contributed by atoms with E-state index in [1.165, 1.54) is 12.8 Å². The molecule has 1 heterocycles. The fourth-order valence-corrected chi connectivity index (χ4v) is 3.10. The van der Waals surface area contributed by atoms with Gasteiger partial charge in [0, 0.05) is 37.8 Å². The number of hydrogen-bond acceptors (Lipinski definition) is 3. The molecule has 1 aliphatic heterocycles. The zero-order valence-electron chi connectivity index (χ0n) is 13.1. The average molecular weight is 256 g/mol. The zero-order valence-corrected chi connectivity index (χ0v) is 13.1. The monoisotopic (exact) mass is 256 g/mol. The molecule has 2 atom stereocenters. The van der Waals surface area contributed by atoms with Gasteiger partial charge in [-0.2, -0.15) is 0 Å². The smallest absolute Gasteiger partial charge is 0.0641 e. The highest BCUT2D eigenvalue weighted by Crippen LogP contribution is 2.26. The van der Waals surface area contributed by atoms with Gasteiger partial charge in [0.1, 0.15) is 0 Å². The Morgan fingerprint density at radius 1 is 1.39 bits per heavy atom. The molecule has 0 aliphatic carbocycles. The fourth-order valence-electron chi connectivity index (χ4n) is 3.10. The molecule has 1 aliphatic rings. The summed E-state index contributed by atoms with van der Waals surface area (Å²) in [6, 6.07) is 1.25. The molecule has 0 saturated carbocycles. The van der Waals surface area contributed by atoms with E-state index >= 15 is 0 Å². The van der Waals surface area contributed by atoms with Gasteiger partial charge in [0.05, 0.1) is 6.61 Å². The van der Waals surface area contributed by atoms with Gasteiger partial charge in [-0.15, -0.1) is 0 Å². The second-order valence-corrected chi connectivity index (χ2v) is 6.60. The van der Waals surface area contributed by atoms with Crippen LogP contribution in [0, 0.1) is 5.92 Å². The van der Waals surface area contributed by atoms with Crippen molar-refractivity contribution in [2.75, 3.05) is 26.8 Å². The second kappa shape index (κ2) is 6.88. The summed E-state index contributed by atoms with van der Waals surface area (Å²) in [5.74, 6) is 0.677. The van der Waals surface area contributed by atoms with E-state index in [1.807, 2.05) is 0 Å². The van der Waals surface area contributed by atoms with Gasteiger partial charge < -0.3 is 10.1 Å². The molecule has 1 N–H and O–H groups in total. The number of ether oxygens (including phenoxy) is 1. The third kappa shape index (κ3) is 3.94. The molecule has 18 heavy (non-hydrogen) atoms. The van der Waals surface area contributed by atoms with Crippen LogP contribution < -0.4 is 5.32 Å². The lowest BCUT2D eigenvalue weighted by molar-refractivity contribution is -0.0311. The van der Waals surface area contributed by atoms with Crippen LogP contribution in [0.1, 0.15) is 47.5 Å². The predicted molar refractivity (Wildman–Crippen MR) is 78.0 cm³/mol. The van der Waals surface area contributed by atoms with E-state index in [-0.39, 0.29) is 5.54 Å². The van der Waals surface area contributed by atoms with Gasteiger partial charge >= 0.3 is 0 Å². The maximum atomic E-state index is 5.42. The standard InChI is InChI=1S/C15H32N2O/c1-7-8-13-10-17(15(4,5)11-18-6)14(9-16-13)12(2)3/h12-14,16H,7-11H2,1-6H3. The van der Waals surface area contributed by atoms with Crippen molar-refractivity contribution in [2.24, 2.45) is 5.92 Å². The Balaban J connectivity index is 2.77. The highest BCUT2D eigenvalue weighted by atomic mass is 16.5. The molecule has 0 amide bonds. The quantitative estimate of drug-likeness (QED) is 0.790. The normalized spacial score (nSPS) is 26.8. The molecule has 0 spiro atoms. The molecule has 3 nitrogen and oxygen atoms in total. The van der Waals surface area contributed by atoms with E-state index in [1.54, 1.807) is 7.11 Å². The minimum absolute atomic E-state index is 0.123. The van der Waals surface area contributed by atoms with Gasteiger partial charge in [-0.1, -0.05) is 27.2 Å². The summed E-state index contributed by atoms with van der Waals surface area (Å²) >= 11 is 0. The van der Waals surface area contributed by atoms with Crippen molar-refractivity contribution in [1.29, 1.82) is 0 Å². The van der Waals surface area contributed by atoms with Crippen LogP contribution in [0.5, 0.6) is 0 Å². The molecule has 2 unspecified atom stereocenters. The first-order valence-corrected chi connectivity index (χ1v) is 7.41. The van der Waals surface area contributed by atoms with Crippen molar-refractivity contribution in [1.82, 2.24) is 10.2 Å². The number of hydrogen-bond donors (Lipinski definition) is 1. The zero-order chi connectivity index (χ0) is 13.8. The molecule has 108 valence electrons. The first-order valence-electron chi connectivity index (χ1n) is 7.41. The number of nitrogens with one attached hydrogen (secondary N) is 1. The largest absolute Gasteiger partial charge is 0.383 e. The molecule has 1 saturated heterocycles. The molecule has 1 fully saturated rings. The van der Waals surface area contributed by atoms with E-state index in [0.717, 1.165) is 19.7 Å². The van der Waals surface area contributed by atoms with Crippen molar-refractivity contribution in [3.63, 3.8) is 0 Å². The summed E-state index contributed by atoms with van der Waals surface area (Å²) < 4.78 is 5.42. The Bertz CT molecular complexity index is 241. The van der Waals surface area contributed by atoms with Gasteiger partial charge in [-0.25, -0.2) is 0 Å². The molecule has 0 radical (unpaired) electrons. The van der Waals surface area contributed by atoms with Gasteiger partial charge in [0.25, 0.3) is 0 Å². The average Bonchev–Trinajstić information content (AvgIpc) is 2.29. The van der Waals surface area contributed by atoms with E-state index in [9.17, 15) is 0 Å². The van der Waals surface area contributed by atoms with Gasteiger partial charge in [-0.3, -0.25) is 4.90 Å². The van der Waals surface area contributed by atoms with Crippen LogP contribution in [-0.2, 0) is 4.74 Å². The van der Waals surface area contributed by atoms with Gasteiger partial charge in [0.2, 0.25) is 0 Å². The number of nitrogens with zero attached hydrogens (tertiary/aromatic N) is 1. The van der Waals surface area contributed by atoms with Crippen molar-refractivity contribution in [3.05, 3.63) is 0 Å². The molecule has 0 aromatic rings. The molecular formula is C15H32N2O. The number of piperazine rings is 1. The Kier molecular flexibility index (Phi) is 6.09. The Hall–Kier alpha value is -0.120. The third-order valence-corrected chi connectivity index (χ3v) is 4.11. The van der Waals surface area contributed by atoms with Gasteiger partial charge in [0.15, 0.2) is 0 Å². The number of rotatable bonds is 6. The first kappa shape index (κ1) is 15.9. The summed E-state index contributed by atoms with van der Waals surface area (Å²) in [4.78, 5) is 2.66. The molecule has 0 aromatic heterocycles. The summed E-state index contributed by atoms with van der Waals surface area (Å²) in [6.07, 6.45) is 2.52. The van der Waals surface area contributed by atoms with Crippen LogP contribution in [0.25, 0.3) is 0 Å². The molecule has 0 bridgehead atoms. The predicted octanol–water partition coefficient (Wildman–Crippen LogP) is 2.51. The topological polar surface area (TPSA) is 24.5 Å². The van der Waals surface area contributed by atoms with Crippen molar-refractivity contribution in [3.8, 4) is 0 Å². The van der Waals surface area contributed by atoms with E-state index in [4.69, 9.17) is 4.74 Å². The minimum atomic E-state index is 0.123. The minimum Gasteiger partial charge on any atom is -0.383 e. The fraction of sp³-hybridized carbons (Fsp3) is 1.00. The van der Waals surface area contributed by atoms with E-state index in [0.29, 0.717) is 18.0 Å². The van der Waals surface area contributed by atoms with Crippen LogP contribution in [0.2, 0.25) is 0 Å². The van der Waals surface area contributed by atoms with Crippen molar-refractivity contribution < 1.29 is 4.74 Å². The first-order chi connectivity index (χ1) is 8.42. The van der Waals surface area contributed by atoms with E-state index < -0.39 is 0 Å². The summed E-state index contributed by atoms with van der Waals surface area (Å²) in [7, 11) is 1.80. The van der Waals surface area contributed by atoms with Crippen LogP contribution in [0.3, 0.4) is 0 Å². The lowest BCUT2D eigenvalue weighted by Crippen LogP contribution is -2.65. The Morgan fingerprint density at radius 2 is 2.06 bits per heavy atom. The molecule has 1 rings (SSSR count). The summed E-state index contributed by atoms with van der Waals surface area (Å²) in [5, 5.41) is 3.71. The van der Waals surface area contributed by atoms with Crippen LogP contribution in [0.4, 0.5) is 0 Å². The maximum Gasteiger partial charge on any atom is 0.0641 e. The lowest BCUT2D eigenvalue weighted by atomic mass is 9.90. The molecule has 3 heteroatoms. The van der Waals surface area contributed by atoms with Crippen LogP contribution >= 0.6 is 0 Å². The van der Waals surface area contributed by atoms with Crippen LogP contribution in [-0.4, -0.2) is 49.3 Å². The number of methoxy groups -OCH3 is 1. The lowest BCUT2D eigenvalue weighted by Gasteiger charge is -2.50. The Labute approximate surface area is 113 Å². The second-order valence-electron chi connectivity index (χ2n) is 6.60. The summed E-state index contributed by atoms with van der Waals surface area (Å²) in [6.45, 7) is 14.6. The van der Waals surface area contributed by atoms with Crippen LogP contribution in [0.15, 0.2) is 0 Å². The molecular weight excluding hydrogens is 224 g/mol. The van der Waals surface area contributed by atoms with Gasteiger partial charge in [-0.05, 0) is 26.2 Å². The highest BCUT2D eigenvalue weighted by Gasteiger charge is 2.38.